The minimum atomic E-state index is -1.53. The summed E-state index contributed by atoms with van der Waals surface area (Å²) in [6, 6.07) is 14.3. The molecular formula is C25H12F2O6. The van der Waals surface area contributed by atoms with Crippen LogP contribution in [0.15, 0.2) is 69.9 Å². The van der Waals surface area contributed by atoms with Gasteiger partial charge in [0.05, 0.1) is 16.5 Å². The van der Waals surface area contributed by atoms with Gasteiger partial charge in [-0.3, -0.25) is 9.59 Å². The number of ketones is 1. The molecule has 2 atom stereocenters. The molecule has 0 saturated heterocycles. The number of rotatable bonds is 1. The maximum atomic E-state index is 14.3. The maximum absolute atomic E-state index is 14.3. The van der Waals surface area contributed by atoms with Crippen molar-refractivity contribution in [1.29, 1.82) is 0 Å². The minimum absolute atomic E-state index is 0.0183. The topological polar surface area (TPSA) is 82.8 Å². The van der Waals surface area contributed by atoms with Crippen LogP contribution in [0.5, 0.6) is 17.2 Å². The van der Waals surface area contributed by atoms with Gasteiger partial charge in [-0.2, -0.15) is 0 Å². The van der Waals surface area contributed by atoms with E-state index in [1.807, 2.05) is 0 Å². The number of benzene rings is 3. The average molecular weight is 446 g/mol. The predicted molar refractivity (Wildman–Crippen MR) is 111 cm³/mol. The predicted octanol–water partition coefficient (Wildman–Crippen LogP) is 4.73. The number of carbonyl (C=O) groups excluding carboxylic acids is 2. The van der Waals surface area contributed by atoms with Crippen LogP contribution >= 0.6 is 0 Å². The molecule has 6 rings (SSSR count). The molecule has 3 aromatic carbocycles. The van der Waals surface area contributed by atoms with Gasteiger partial charge in [0, 0.05) is 17.5 Å². The fraction of sp³-hybridized carbons (Fsp3) is 0.0800. The molecule has 0 aliphatic carbocycles. The Labute approximate surface area is 184 Å². The number of hydrogen-bond acceptors (Lipinski definition) is 6. The normalized spacial score (nSPS) is 18.7. The third-order valence-corrected chi connectivity index (χ3v) is 5.94. The van der Waals surface area contributed by atoms with E-state index in [2.05, 4.69) is 0 Å². The summed E-state index contributed by atoms with van der Waals surface area (Å²) in [6.07, 6.45) is 0. The quantitative estimate of drug-likeness (QED) is 0.182. The Hall–Kier alpha value is -4.33. The molecular weight excluding hydrogens is 434 g/mol. The standard InChI is InChI=1S/C25H12F2O6/c26-14-9-13-18(10-15(14)27)31-23-12-6-2-4-8-17(12)33-25(30)21(23)19(13)20-22(28)11-5-1-3-7-16(11)32-24(20)29/h1-10,19-20H. The zero-order valence-electron chi connectivity index (χ0n) is 16.6. The van der Waals surface area contributed by atoms with E-state index in [0.717, 1.165) is 12.1 Å². The number of esters is 1. The second kappa shape index (κ2) is 6.83. The Bertz CT molecular complexity index is 1570. The Kier molecular flexibility index (Phi) is 4.01. The Morgan fingerprint density at radius 3 is 2.33 bits per heavy atom. The van der Waals surface area contributed by atoms with Crippen molar-refractivity contribution in [2.75, 3.05) is 0 Å². The highest BCUT2D eigenvalue weighted by Gasteiger charge is 2.48. The third kappa shape index (κ3) is 2.73. The molecule has 2 aliphatic heterocycles. The Morgan fingerprint density at radius 2 is 1.48 bits per heavy atom. The first-order chi connectivity index (χ1) is 15.9. The average Bonchev–Trinajstić information content (AvgIpc) is 2.80. The van der Waals surface area contributed by atoms with Crippen LogP contribution < -0.4 is 15.1 Å². The Balaban J connectivity index is 1.67. The summed E-state index contributed by atoms with van der Waals surface area (Å²) < 4.78 is 45.0. The lowest BCUT2D eigenvalue weighted by Crippen LogP contribution is -2.40. The largest absolute Gasteiger partial charge is 0.456 e. The number of para-hydroxylation sites is 2. The third-order valence-electron chi connectivity index (χ3n) is 5.94. The van der Waals surface area contributed by atoms with Gasteiger partial charge >= 0.3 is 11.6 Å². The molecule has 2 unspecified atom stereocenters. The van der Waals surface area contributed by atoms with Crippen LogP contribution in [0, 0.1) is 17.6 Å². The first-order valence-corrected chi connectivity index (χ1v) is 10.0. The molecule has 0 amide bonds. The highest BCUT2D eigenvalue weighted by Crippen LogP contribution is 2.51. The molecule has 0 saturated carbocycles. The van der Waals surface area contributed by atoms with Crippen molar-refractivity contribution in [1.82, 2.24) is 0 Å². The van der Waals surface area contributed by atoms with Crippen LogP contribution in [-0.4, -0.2) is 11.8 Å². The van der Waals surface area contributed by atoms with E-state index in [0.29, 0.717) is 5.39 Å². The van der Waals surface area contributed by atoms with E-state index in [4.69, 9.17) is 13.9 Å². The van der Waals surface area contributed by atoms with E-state index in [9.17, 15) is 23.2 Å². The Morgan fingerprint density at radius 1 is 0.758 bits per heavy atom. The molecule has 2 aliphatic rings. The van der Waals surface area contributed by atoms with Gasteiger partial charge in [0.15, 0.2) is 17.4 Å². The van der Waals surface area contributed by atoms with Gasteiger partial charge in [0.25, 0.3) is 0 Å². The number of hydrogen-bond donors (Lipinski definition) is 0. The summed E-state index contributed by atoms with van der Waals surface area (Å²) >= 11 is 0. The molecule has 33 heavy (non-hydrogen) atoms. The summed E-state index contributed by atoms with van der Waals surface area (Å²) in [5, 5.41) is 0.379. The monoisotopic (exact) mass is 446 g/mol. The zero-order valence-corrected chi connectivity index (χ0v) is 16.6. The lowest BCUT2D eigenvalue weighted by molar-refractivity contribution is -0.138. The van der Waals surface area contributed by atoms with Gasteiger partial charge in [-0.15, -0.1) is 0 Å². The van der Waals surface area contributed by atoms with Crippen LogP contribution in [0.25, 0.3) is 11.0 Å². The van der Waals surface area contributed by atoms with Crippen LogP contribution in [0.3, 0.4) is 0 Å². The first-order valence-electron chi connectivity index (χ1n) is 10.0. The maximum Gasteiger partial charge on any atom is 0.343 e. The number of fused-ring (bicyclic) bond motifs is 5. The van der Waals surface area contributed by atoms with E-state index < -0.39 is 40.8 Å². The van der Waals surface area contributed by atoms with Crippen molar-refractivity contribution in [3.63, 3.8) is 0 Å². The van der Waals surface area contributed by atoms with Crippen molar-refractivity contribution in [2.45, 2.75) is 5.92 Å². The SMILES string of the molecule is O=C1Oc2ccccc2C(=O)C1C1c2cc(F)c(F)cc2Oc2c1c(=O)oc1ccccc21. The van der Waals surface area contributed by atoms with E-state index in [1.54, 1.807) is 36.4 Å². The van der Waals surface area contributed by atoms with Gasteiger partial charge in [0.1, 0.15) is 28.7 Å². The molecule has 3 heterocycles. The molecule has 1 aromatic heterocycles. The lowest BCUT2D eigenvalue weighted by Gasteiger charge is -2.33. The smallest absolute Gasteiger partial charge is 0.343 e. The van der Waals surface area contributed by atoms with Crippen molar-refractivity contribution in [3.05, 3.63) is 99.4 Å². The van der Waals surface area contributed by atoms with E-state index in [1.165, 1.54) is 12.1 Å². The lowest BCUT2D eigenvalue weighted by atomic mass is 9.74. The number of ether oxygens (including phenoxy) is 2. The zero-order chi connectivity index (χ0) is 22.9. The molecule has 0 fully saturated rings. The van der Waals surface area contributed by atoms with Crippen molar-refractivity contribution < 1.29 is 32.3 Å². The summed E-state index contributed by atoms with van der Waals surface area (Å²) in [6.45, 7) is 0. The second-order valence-corrected chi connectivity index (χ2v) is 7.77. The summed E-state index contributed by atoms with van der Waals surface area (Å²) in [4.78, 5) is 39.5. The molecule has 0 N–H and O–H groups in total. The molecule has 4 aromatic rings. The highest BCUT2D eigenvalue weighted by atomic mass is 19.2. The van der Waals surface area contributed by atoms with Gasteiger partial charge < -0.3 is 13.9 Å². The van der Waals surface area contributed by atoms with E-state index >= 15 is 0 Å². The van der Waals surface area contributed by atoms with Gasteiger partial charge in [-0.25, -0.2) is 13.6 Å². The van der Waals surface area contributed by atoms with Crippen LogP contribution in [0.2, 0.25) is 0 Å². The van der Waals surface area contributed by atoms with Gasteiger partial charge in [-0.1, -0.05) is 24.3 Å². The summed E-state index contributed by atoms with van der Waals surface area (Å²) in [5.74, 6) is -6.76. The fourth-order valence-corrected chi connectivity index (χ4v) is 4.49. The fourth-order valence-electron chi connectivity index (χ4n) is 4.49. The van der Waals surface area contributed by atoms with Gasteiger partial charge in [-0.05, 0) is 30.3 Å². The second-order valence-electron chi connectivity index (χ2n) is 7.77. The van der Waals surface area contributed by atoms with Crippen LogP contribution in [0.4, 0.5) is 8.78 Å². The minimum Gasteiger partial charge on any atom is -0.456 e. The van der Waals surface area contributed by atoms with Crippen molar-refractivity contribution >= 4 is 22.7 Å². The van der Waals surface area contributed by atoms with Crippen LogP contribution in [-0.2, 0) is 4.79 Å². The number of Topliss-reactive ketones (excluding diaryl/α,β-unsaturated/α-hetero) is 1. The van der Waals surface area contributed by atoms with Crippen LogP contribution in [0.1, 0.15) is 27.4 Å². The molecule has 6 nitrogen and oxygen atoms in total. The first kappa shape index (κ1) is 19.4. The van der Waals surface area contributed by atoms with Crippen molar-refractivity contribution in [2.24, 2.45) is 5.92 Å². The molecule has 8 heteroatoms. The molecule has 0 radical (unpaired) electrons. The molecule has 162 valence electrons. The van der Waals surface area contributed by atoms with Gasteiger partial charge in [0.2, 0.25) is 0 Å². The van der Waals surface area contributed by atoms with Crippen molar-refractivity contribution in [3.8, 4) is 17.2 Å². The summed E-state index contributed by atoms with van der Waals surface area (Å²) in [7, 11) is 0. The highest BCUT2D eigenvalue weighted by molar-refractivity contribution is 6.14. The summed E-state index contributed by atoms with van der Waals surface area (Å²) in [5.41, 5.74) is -0.678. The molecule has 0 spiro atoms. The molecule has 0 bridgehead atoms. The number of halogens is 2. The number of carbonyl (C=O) groups is 2. The van der Waals surface area contributed by atoms with E-state index in [-0.39, 0.29) is 39.5 Å².